The fraction of sp³-hybridized carbons (Fsp3) is 0.200. The van der Waals surface area contributed by atoms with Gasteiger partial charge in [-0.2, -0.15) is 0 Å². The standard InChI is InChI=1S/C10H9BrClNO3/c1-5(10(15)16)13-9(14)6-2-7(11)4-8(12)3-6/h2-5H,1H3,(H,13,14)(H,15,16). The molecule has 6 heteroatoms. The Labute approximate surface area is 106 Å². The minimum absolute atomic E-state index is 0.312. The van der Waals surface area contributed by atoms with Crippen LogP contribution in [0.15, 0.2) is 22.7 Å². The lowest BCUT2D eigenvalue weighted by molar-refractivity contribution is -0.138. The summed E-state index contributed by atoms with van der Waals surface area (Å²) in [7, 11) is 0. The van der Waals surface area contributed by atoms with Crippen LogP contribution in [-0.2, 0) is 4.79 Å². The minimum atomic E-state index is -1.09. The predicted octanol–water partition coefficient (Wildman–Crippen LogP) is 2.31. The van der Waals surface area contributed by atoms with Gasteiger partial charge in [0.25, 0.3) is 5.91 Å². The summed E-state index contributed by atoms with van der Waals surface area (Å²) in [4.78, 5) is 22.2. The lowest BCUT2D eigenvalue weighted by Crippen LogP contribution is -2.38. The molecule has 0 aliphatic carbocycles. The first-order valence-electron chi connectivity index (χ1n) is 4.40. The summed E-state index contributed by atoms with van der Waals surface area (Å²) in [5.74, 6) is -1.56. The van der Waals surface area contributed by atoms with Crippen molar-refractivity contribution in [3.05, 3.63) is 33.3 Å². The smallest absolute Gasteiger partial charge is 0.325 e. The largest absolute Gasteiger partial charge is 0.480 e. The summed E-state index contributed by atoms with van der Waals surface area (Å²) in [5.41, 5.74) is 0.312. The van der Waals surface area contributed by atoms with Crippen molar-refractivity contribution < 1.29 is 14.7 Å². The summed E-state index contributed by atoms with van der Waals surface area (Å²) >= 11 is 8.96. The molecule has 0 bridgehead atoms. The molecule has 1 amide bonds. The molecule has 0 heterocycles. The van der Waals surface area contributed by atoms with Crippen molar-refractivity contribution >= 4 is 39.4 Å². The second kappa shape index (κ2) is 5.32. The lowest BCUT2D eigenvalue weighted by atomic mass is 10.2. The molecule has 0 spiro atoms. The molecule has 2 N–H and O–H groups in total. The molecule has 16 heavy (non-hydrogen) atoms. The van der Waals surface area contributed by atoms with Crippen LogP contribution in [0.1, 0.15) is 17.3 Å². The van der Waals surface area contributed by atoms with Gasteiger partial charge in [-0.15, -0.1) is 0 Å². The van der Waals surface area contributed by atoms with E-state index in [1.165, 1.54) is 13.0 Å². The topological polar surface area (TPSA) is 66.4 Å². The third-order valence-electron chi connectivity index (χ3n) is 1.84. The van der Waals surface area contributed by atoms with E-state index in [4.69, 9.17) is 16.7 Å². The van der Waals surface area contributed by atoms with E-state index in [9.17, 15) is 9.59 Å². The Balaban J connectivity index is 2.84. The highest BCUT2D eigenvalue weighted by atomic mass is 79.9. The number of carboxylic acids is 1. The van der Waals surface area contributed by atoms with Crippen LogP contribution in [0.5, 0.6) is 0 Å². The van der Waals surface area contributed by atoms with E-state index in [1.807, 2.05) is 0 Å². The molecule has 1 atom stereocenters. The van der Waals surface area contributed by atoms with Gasteiger partial charge < -0.3 is 10.4 Å². The first-order chi connectivity index (χ1) is 7.40. The van der Waals surface area contributed by atoms with Crippen LogP contribution in [-0.4, -0.2) is 23.0 Å². The molecule has 0 aromatic heterocycles. The monoisotopic (exact) mass is 305 g/mol. The SMILES string of the molecule is CC(NC(=O)c1cc(Cl)cc(Br)c1)C(=O)O. The van der Waals surface area contributed by atoms with Gasteiger partial charge in [0.15, 0.2) is 0 Å². The highest BCUT2D eigenvalue weighted by Crippen LogP contribution is 2.19. The summed E-state index contributed by atoms with van der Waals surface area (Å²) in [6.45, 7) is 1.39. The zero-order valence-corrected chi connectivity index (χ0v) is 10.7. The van der Waals surface area contributed by atoms with Gasteiger partial charge in [0.05, 0.1) is 0 Å². The number of nitrogens with one attached hydrogen (secondary N) is 1. The average molecular weight is 307 g/mol. The number of aliphatic carboxylic acids is 1. The summed E-state index contributed by atoms with van der Waals surface area (Å²) in [6.07, 6.45) is 0. The number of hydrogen-bond acceptors (Lipinski definition) is 2. The number of carboxylic acid groups (broad SMARTS) is 1. The van der Waals surface area contributed by atoms with Crippen molar-refractivity contribution in [2.24, 2.45) is 0 Å². The van der Waals surface area contributed by atoms with Crippen molar-refractivity contribution in [3.8, 4) is 0 Å². The zero-order chi connectivity index (χ0) is 12.3. The van der Waals surface area contributed by atoms with Crippen LogP contribution >= 0.6 is 27.5 Å². The van der Waals surface area contributed by atoms with Crippen LogP contribution in [0.2, 0.25) is 5.02 Å². The Morgan fingerprint density at radius 3 is 2.56 bits per heavy atom. The third-order valence-corrected chi connectivity index (χ3v) is 2.52. The van der Waals surface area contributed by atoms with Gasteiger partial charge >= 0.3 is 5.97 Å². The summed E-state index contributed by atoms with van der Waals surface area (Å²) < 4.78 is 0.660. The van der Waals surface area contributed by atoms with Crippen molar-refractivity contribution in [2.45, 2.75) is 13.0 Å². The Hall–Kier alpha value is -1.07. The van der Waals surface area contributed by atoms with E-state index in [-0.39, 0.29) is 0 Å². The predicted molar refractivity (Wildman–Crippen MR) is 63.7 cm³/mol. The average Bonchev–Trinajstić information content (AvgIpc) is 2.15. The maximum absolute atomic E-state index is 11.6. The van der Waals surface area contributed by atoms with Crippen molar-refractivity contribution in [1.82, 2.24) is 5.32 Å². The van der Waals surface area contributed by atoms with Gasteiger partial charge in [-0.1, -0.05) is 27.5 Å². The van der Waals surface area contributed by atoms with Gasteiger partial charge in [0.2, 0.25) is 0 Å². The number of rotatable bonds is 3. The quantitative estimate of drug-likeness (QED) is 0.900. The molecule has 4 nitrogen and oxygen atoms in total. The molecule has 86 valence electrons. The van der Waals surface area contributed by atoms with Crippen LogP contribution in [0.4, 0.5) is 0 Å². The Kier molecular flexibility index (Phi) is 4.32. The first-order valence-corrected chi connectivity index (χ1v) is 5.57. The van der Waals surface area contributed by atoms with Gasteiger partial charge in [0.1, 0.15) is 6.04 Å². The Bertz CT molecular complexity index is 416. The Morgan fingerprint density at radius 1 is 1.44 bits per heavy atom. The third kappa shape index (κ3) is 3.50. The molecule has 1 aromatic rings. The molecule has 0 saturated carbocycles. The van der Waals surface area contributed by atoms with Crippen LogP contribution < -0.4 is 5.32 Å². The highest BCUT2D eigenvalue weighted by molar-refractivity contribution is 9.10. The van der Waals surface area contributed by atoms with E-state index in [1.54, 1.807) is 12.1 Å². The van der Waals surface area contributed by atoms with E-state index in [0.29, 0.717) is 15.1 Å². The second-order valence-electron chi connectivity index (χ2n) is 3.19. The lowest BCUT2D eigenvalue weighted by Gasteiger charge is -2.09. The highest BCUT2D eigenvalue weighted by Gasteiger charge is 2.15. The molecule has 0 aliphatic heterocycles. The van der Waals surface area contributed by atoms with Gasteiger partial charge in [0, 0.05) is 15.1 Å². The van der Waals surface area contributed by atoms with Crippen LogP contribution in [0, 0.1) is 0 Å². The molecular weight excluding hydrogens is 297 g/mol. The van der Waals surface area contributed by atoms with Crippen LogP contribution in [0.25, 0.3) is 0 Å². The molecule has 1 rings (SSSR count). The van der Waals surface area contributed by atoms with Crippen molar-refractivity contribution in [1.29, 1.82) is 0 Å². The molecule has 0 aliphatic rings. The van der Waals surface area contributed by atoms with E-state index >= 15 is 0 Å². The van der Waals surface area contributed by atoms with Gasteiger partial charge in [-0.3, -0.25) is 9.59 Å². The zero-order valence-electron chi connectivity index (χ0n) is 8.33. The van der Waals surface area contributed by atoms with E-state index in [2.05, 4.69) is 21.2 Å². The molecule has 1 unspecified atom stereocenters. The minimum Gasteiger partial charge on any atom is -0.480 e. The molecule has 0 fully saturated rings. The normalized spacial score (nSPS) is 11.9. The first kappa shape index (κ1) is 13.0. The maximum atomic E-state index is 11.6. The van der Waals surface area contributed by atoms with Gasteiger partial charge in [-0.05, 0) is 25.1 Å². The van der Waals surface area contributed by atoms with E-state index in [0.717, 1.165) is 0 Å². The van der Waals surface area contributed by atoms with E-state index < -0.39 is 17.9 Å². The fourth-order valence-corrected chi connectivity index (χ4v) is 1.89. The van der Waals surface area contributed by atoms with Crippen molar-refractivity contribution in [2.75, 3.05) is 0 Å². The summed E-state index contributed by atoms with van der Waals surface area (Å²) in [5, 5.41) is 11.4. The maximum Gasteiger partial charge on any atom is 0.325 e. The van der Waals surface area contributed by atoms with Crippen molar-refractivity contribution in [3.63, 3.8) is 0 Å². The number of halogens is 2. The number of benzene rings is 1. The number of carbonyl (C=O) groups is 2. The second-order valence-corrected chi connectivity index (χ2v) is 4.54. The Morgan fingerprint density at radius 2 is 2.06 bits per heavy atom. The fourth-order valence-electron chi connectivity index (χ4n) is 1.03. The number of amides is 1. The molecule has 1 aromatic carbocycles. The molecular formula is C10H9BrClNO3. The molecule has 0 saturated heterocycles. The van der Waals surface area contributed by atoms with Crippen LogP contribution in [0.3, 0.4) is 0 Å². The number of carbonyl (C=O) groups excluding carboxylic acids is 1. The molecule has 0 radical (unpaired) electrons. The number of hydrogen-bond donors (Lipinski definition) is 2. The summed E-state index contributed by atoms with van der Waals surface area (Å²) in [6, 6.07) is 3.73. The van der Waals surface area contributed by atoms with Gasteiger partial charge in [-0.25, -0.2) is 0 Å².